The molecule has 0 aliphatic carbocycles. The van der Waals surface area contributed by atoms with Gasteiger partial charge in [0.25, 0.3) is 5.56 Å². The van der Waals surface area contributed by atoms with Crippen molar-refractivity contribution in [1.29, 1.82) is 0 Å². The Labute approximate surface area is 205 Å². The number of thioether (sulfide) groups is 1. The van der Waals surface area contributed by atoms with Gasteiger partial charge in [-0.3, -0.25) is 14.2 Å². The molecule has 35 heavy (non-hydrogen) atoms. The number of hydrogen-bond acceptors (Lipinski definition) is 7. The summed E-state index contributed by atoms with van der Waals surface area (Å²) < 4.78 is 17.6. The number of carbonyl (C=O) groups is 1. The molecule has 1 aliphatic heterocycles. The first kappa shape index (κ1) is 22.8. The Balaban J connectivity index is 1.41. The molecular formula is C26H23N3O5S. The van der Waals surface area contributed by atoms with Crippen molar-refractivity contribution in [3.05, 3.63) is 82.6 Å². The van der Waals surface area contributed by atoms with E-state index in [1.54, 1.807) is 38.3 Å². The van der Waals surface area contributed by atoms with Crippen LogP contribution in [0, 0.1) is 0 Å². The van der Waals surface area contributed by atoms with Crippen LogP contribution in [0.15, 0.2) is 76.7 Å². The Morgan fingerprint density at radius 1 is 1.11 bits per heavy atom. The summed E-state index contributed by atoms with van der Waals surface area (Å²) in [5.74, 6) is 1.81. The molecule has 1 atom stereocenters. The van der Waals surface area contributed by atoms with Crippen LogP contribution in [0.25, 0.3) is 16.6 Å². The van der Waals surface area contributed by atoms with E-state index in [0.29, 0.717) is 45.5 Å². The van der Waals surface area contributed by atoms with Gasteiger partial charge in [-0.25, -0.2) is 4.98 Å². The molecule has 0 saturated heterocycles. The van der Waals surface area contributed by atoms with E-state index in [2.05, 4.69) is 5.32 Å². The van der Waals surface area contributed by atoms with Crippen molar-refractivity contribution in [2.75, 3.05) is 13.9 Å². The second-order valence-electron chi connectivity index (χ2n) is 7.92. The van der Waals surface area contributed by atoms with E-state index in [1.807, 2.05) is 42.5 Å². The highest BCUT2D eigenvalue weighted by Gasteiger charge is 2.21. The number of para-hydroxylation sites is 1. The Morgan fingerprint density at radius 2 is 1.94 bits per heavy atom. The summed E-state index contributed by atoms with van der Waals surface area (Å²) >= 11 is 1.23. The van der Waals surface area contributed by atoms with Crippen LogP contribution >= 0.6 is 11.8 Å². The number of carbonyl (C=O) groups excluding carboxylic acids is 1. The van der Waals surface area contributed by atoms with Crippen molar-refractivity contribution in [3.8, 4) is 22.9 Å². The van der Waals surface area contributed by atoms with Gasteiger partial charge in [0.1, 0.15) is 5.75 Å². The van der Waals surface area contributed by atoms with Crippen LogP contribution in [0.4, 0.5) is 0 Å². The molecule has 0 spiro atoms. The van der Waals surface area contributed by atoms with Gasteiger partial charge in [-0.15, -0.1) is 0 Å². The van der Waals surface area contributed by atoms with E-state index in [1.165, 1.54) is 16.3 Å². The SMILES string of the molecule is COc1cccc(-n2c(SC(C)C(=O)NCc3ccc4c(c3)OCO4)nc3ccccc3c2=O)c1. The highest BCUT2D eigenvalue weighted by atomic mass is 32.2. The predicted molar refractivity (Wildman–Crippen MR) is 134 cm³/mol. The molecule has 1 amide bonds. The van der Waals surface area contributed by atoms with E-state index in [0.717, 1.165) is 5.56 Å². The minimum atomic E-state index is -0.506. The number of nitrogens with zero attached hydrogens (tertiary/aromatic N) is 2. The molecule has 0 bridgehead atoms. The van der Waals surface area contributed by atoms with Crippen molar-refractivity contribution < 1.29 is 19.0 Å². The zero-order valence-corrected chi connectivity index (χ0v) is 20.0. The molecule has 8 nitrogen and oxygen atoms in total. The molecule has 4 aromatic rings. The lowest BCUT2D eigenvalue weighted by Crippen LogP contribution is -2.31. The van der Waals surface area contributed by atoms with Crippen molar-refractivity contribution in [1.82, 2.24) is 14.9 Å². The molecule has 1 aromatic heterocycles. The lowest BCUT2D eigenvalue weighted by Gasteiger charge is -2.17. The molecule has 1 aliphatic rings. The van der Waals surface area contributed by atoms with Crippen LogP contribution < -0.4 is 25.1 Å². The maximum atomic E-state index is 13.5. The van der Waals surface area contributed by atoms with Crippen LogP contribution in [-0.2, 0) is 11.3 Å². The second-order valence-corrected chi connectivity index (χ2v) is 9.23. The summed E-state index contributed by atoms with van der Waals surface area (Å²) in [4.78, 5) is 31.1. The third-order valence-electron chi connectivity index (χ3n) is 5.61. The van der Waals surface area contributed by atoms with E-state index in [9.17, 15) is 9.59 Å². The molecule has 9 heteroatoms. The van der Waals surface area contributed by atoms with Gasteiger partial charge in [-0.2, -0.15) is 0 Å². The number of ether oxygens (including phenoxy) is 3. The molecule has 5 rings (SSSR count). The minimum Gasteiger partial charge on any atom is -0.497 e. The number of hydrogen-bond donors (Lipinski definition) is 1. The lowest BCUT2D eigenvalue weighted by atomic mass is 10.2. The highest BCUT2D eigenvalue weighted by molar-refractivity contribution is 8.00. The average molecular weight is 490 g/mol. The fraction of sp³-hybridized carbons (Fsp3) is 0.192. The van der Waals surface area contributed by atoms with Gasteiger partial charge >= 0.3 is 0 Å². The van der Waals surface area contributed by atoms with E-state index in [-0.39, 0.29) is 18.3 Å². The number of fused-ring (bicyclic) bond motifs is 2. The van der Waals surface area contributed by atoms with Gasteiger partial charge in [0.2, 0.25) is 12.7 Å². The Morgan fingerprint density at radius 3 is 2.80 bits per heavy atom. The second kappa shape index (κ2) is 9.71. The third-order valence-corrected chi connectivity index (χ3v) is 6.66. The Kier molecular flexibility index (Phi) is 6.33. The lowest BCUT2D eigenvalue weighted by molar-refractivity contribution is -0.120. The molecule has 2 heterocycles. The van der Waals surface area contributed by atoms with Gasteiger partial charge in [0.15, 0.2) is 16.7 Å². The fourth-order valence-corrected chi connectivity index (χ4v) is 4.72. The molecule has 178 valence electrons. The van der Waals surface area contributed by atoms with E-state index >= 15 is 0 Å². The number of methoxy groups -OCH3 is 1. The van der Waals surface area contributed by atoms with E-state index in [4.69, 9.17) is 19.2 Å². The molecule has 3 aromatic carbocycles. The fourth-order valence-electron chi connectivity index (χ4n) is 3.76. The molecule has 1 N–H and O–H groups in total. The van der Waals surface area contributed by atoms with Crippen LogP contribution in [0.3, 0.4) is 0 Å². The maximum Gasteiger partial charge on any atom is 0.266 e. The topological polar surface area (TPSA) is 91.7 Å². The summed E-state index contributed by atoms with van der Waals surface area (Å²) in [6, 6.07) is 19.9. The summed E-state index contributed by atoms with van der Waals surface area (Å²) in [6.45, 7) is 2.33. The molecule has 1 unspecified atom stereocenters. The van der Waals surface area contributed by atoms with Gasteiger partial charge in [-0.05, 0) is 48.9 Å². The minimum absolute atomic E-state index is 0.174. The standard InChI is InChI=1S/C26H23N3O5S/c1-16(24(30)27-14-17-10-11-22-23(12-17)34-15-33-22)35-26-28-21-9-4-3-8-20(21)25(31)29(26)18-6-5-7-19(13-18)32-2/h3-13,16H,14-15H2,1-2H3,(H,27,30). The number of rotatable bonds is 7. The van der Waals surface area contributed by atoms with Gasteiger partial charge in [0.05, 0.1) is 29.0 Å². The van der Waals surface area contributed by atoms with Gasteiger partial charge in [-0.1, -0.05) is 36.0 Å². The van der Waals surface area contributed by atoms with Crippen LogP contribution in [0.2, 0.25) is 0 Å². The summed E-state index contributed by atoms with van der Waals surface area (Å²) in [7, 11) is 1.57. The summed E-state index contributed by atoms with van der Waals surface area (Å²) in [5.41, 5.74) is 1.88. The van der Waals surface area contributed by atoms with Crippen LogP contribution in [0.1, 0.15) is 12.5 Å². The molecule has 0 fully saturated rings. The van der Waals surface area contributed by atoms with E-state index < -0.39 is 5.25 Å². The summed E-state index contributed by atoms with van der Waals surface area (Å²) in [6.07, 6.45) is 0. The maximum absolute atomic E-state index is 13.5. The third kappa shape index (κ3) is 4.67. The van der Waals surface area contributed by atoms with Crippen molar-refractivity contribution in [2.45, 2.75) is 23.9 Å². The zero-order valence-electron chi connectivity index (χ0n) is 19.2. The quantitative estimate of drug-likeness (QED) is 0.311. The zero-order chi connectivity index (χ0) is 24.4. The number of nitrogens with one attached hydrogen (secondary N) is 1. The average Bonchev–Trinajstić information content (AvgIpc) is 3.35. The molecular weight excluding hydrogens is 466 g/mol. The Bertz CT molecular complexity index is 1470. The normalized spacial score (nSPS) is 13.0. The first-order chi connectivity index (χ1) is 17.0. The van der Waals surface area contributed by atoms with Crippen molar-refractivity contribution in [3.63, 3.8) is 0 Å². The number of aromatic nitrogens is 2. The van der Waals surface area contributed by atoms with Crippen molar-refractivity contribution >= 4 is 28.6 Å². The molecule has 0 radical (unpaired) electrons. The summed E-state index contributed by atoms with van der Waals surface area (Å²) in [5, 5.41) is 3.37. The van der Waals surface area contributed by atoms with Crippen LogP contribution in [-0.4, -0.2) is 34.6 Å². The number of amides is 1. The van der Waals surface area contributed by atoms with Gasteiger partial charge in [0, 0.05) is 12.6 Å². The van der Waals surface area contributed by atoms with Gasteiger partial charge < -0.3 is 19.5 Å². The smallest absolute Gasteiger partial charge is 0.266 e. The van der Waals surface area contributed by atoms with Crippen LogP contribution in [0.5, 0.6) is 17.2 Å². The number of benzene rings is 3. The predicted octanol–water partition coefficient (Wildman–Crippen LogP) is 3.92. The monoisotopic (exact) mass is 489 g/mol. The molecule has 0 saturated carbocycles. The first-order valence-electron chi connectivity index (χ1n) is 11.0. The first-order valence-corrected chi connectivity index (χ1v) is 11.9. The highest BCUT2D eigenvalue weighted by Crippen LogP contribution is 2.32. The largest absolute Gasteiger partial charge is 0.497 e. The van der Waals surface area contributed by atoms with Crippen molar-refractivity contribution in [2.24, 2.45) is 0 Å². The Hall–Kier alpha value is -3.98.